The molecule has 0 bridgehead atoms. The molecule has 1 N–H and O–H groups in total. The first-order valence-corrected chi connectivity index (χ1v) is 9.94. The van der Waals surface area contributed by atoms with Crippen molar-refractivity contribution < 1.29 is 19.4 Å². The molecule has 0 aliphatic heterocycles. The van der Waals surface area contributed by atoms with Crippen LogP contribution in [0.25, 0.3) is 6.08 Å². The molecule has 1 aromatic rings. The second-order valence-corrected chi connectivity index (χ2v) is 7.86. The summed E-state index contributed by atoms with van der Waals surface area (Å²) in [5.41, 5.74) is 0.740. The van der Waals surface area contributed by atoms with Crippen LogP contribution < -0.4 is 9.47 Å². The Hall–Kier alpha value is -2.21. The first-order chi connectivity index (χ1) is 13.3. The van der Waals surface area contributed by atoms with Crippen LogP contribution in [0.15, 0.2) is 18.2 Å². The van der Waals surface area contributed by atoms with Crippen LogP contribution >= 0.6 is 0 Å². The Balaban J connectivity index is 2.17. The third kappa shape index (κ3) is 5.89. The molecule has 6 nitrogen and oxygen atoms in total. The highest BCUT2D eigenvalue weighted by Gasteiger charge is 2.26. The Morgan fingerprint density at radius 2 is 1.68 bits per heavy atom. The number of aromatic hydroxyl groups is 1. The number of benzene rings is 1. The number of carbonyl (C=O) groups excluding carboxylic acids is 1. The molecular weight excluding hydrogens is 356 g/mol. The number of amides is 1. The van der Waals surface area contributed by atoms with Gasteiger partial charge in [0.25, 0.3) is 0 Å². The summed E-state index contributed by atoms with van der Waals surface area (Å²) in [6.07, 6.45) is 7.84. The Kier molecular flexibility index (Phi) is 8.18. The Bertz CT molecular complexity index is 654. The van der Waals surface area contributed by atoms with Gasteiger partial charge in [-0.3, -0.25) is 4.79 Å². The van der Waals surface area contributed by atoms with Gasteiger partial charge in [0.2, 0.25) is 11.7 Å². The van der Waals surface area contributed by atoms with E-state index in [1.165, 1.54) is 27.1 Å². The highest BCUT2D eigenvalue weighted by Crippen LogP contribution is 2.37. The SMILES string of the molecule is COc1cc(C=CC(=O)N(CCN(C)C)[C@H]2CC[C@H](C)CC2)cc(OC)c1O. The van der Waals surface area contributed by atoms with Crippen LogP contribution in [0.4, 0.5) is 0 Å². The van der Waals surface area contributed by atoms with E-state index in [-0.39, 0.29) is 11.7 Å². The van der Waals surface area contributed by atoms with Crippen LogP contribution in [-0.4, -0.2) is 68.3 Å². The quantitative estimate of drug-likeness (QED) is 0.690. The van der Waals surface area contributed by atoms with E-state index < -0.39 is 0 Å². The van der Waals surface area contributed by atoms with Gasteiger partial charge in [0.1, 0.15) is 0 Å². The van der Waals surface area contributed by atoms with E-state index in [4.69, 9.17) is 9.47 Å². The van der Waals surface area contributed by atoms with E-state index >= 15 is 0 Å². The summed E-state index contributed by atoms with van der Waals surface area (Å²) in [6.45, 7) is 3.84. The fourth-order valence-electron chi connectivity index (χ4n) is 3.61. The third-order valence-electron chi connectivity index (χ3n) is 5.42. The zero-order valence-corrected chi connectivity index (χ0v) is 17.8. The zero-order chi connectivity index (χ0) is 20.7. The number of phenols is 1. The molecule has 0 heterocycles. The normalized spacial score (nSPS) is 19.8. The Morgan fingerprint density at radius 3 is 2.18 bits per heavy atom. The molecule has 1 aliphatic carbocycles. The number of carbonyl (C=O) groups is 1. The maximum absolute atomic E-state index is 13.0. The minimum absolute atomic E-state index is 0.0208. The second-order valence-electron chi connectivity index (χ2n) is 7.86. The summed E-state index contributed by atoms with van der Waals surface area (Å²) >= 11 is 0. The molecule has 0 aromatic heterocycles. The molecule has 0 unspecified atom stereocenters. The molecule has 0 atom stereocenters. The second kappa shape index (κ2) is 10.4. The topological polar surface area (TPSA) is 62.2 Å². The summed E-state index contributed by atoms with van der Waals surface area (Å²) < 4.78 is 10.4. The molecule has 1 saturated carbocycles. The molecule has 0 radical (unpaired) electrons. The van der Waals surface area contributed by atoms with Crippen LogP contribution in [-0.2, 0) is 4.79 Å². The summed E-state index contributed by atoms with van der Waals surface area (Å²) in [6, 6.07) is 3.68. The van der Waals surface area contributed by atoms with Gasteiger partial charge in [0.05, 0.1) is 14.2 Å². The summed E-state index contributed by atoms with van der Waals surface area (Å²) in [5, 5.41) is 10.0. The van der Waals surface area contributed by atoms with E-state index in [1.54, 1.807) is 24.3 Å². The minimum atomic E-state index is -0.0441. The number of likely N-dealkylation sites (N-methyl/N-ethyl adjacent to an activating group) is 1. The molecule has 2 rings (SSSR count). The fourth-order valence-corrected chi connectivity index (χ4v) is 3.61. The molecule has 1 aliphatic rings. The van der Waals surface area contributed by atoms with E-state index in [9.17, 15) is 9.90 Å². The lowest BCUT2D eigenvalue weighted by atomic mass is 9.86. The summed E-state index contributed by atoms with van der Waals surface area (Å²) in [4.78, 5) is 17.1. The van der Waals surface area contributed by atoms with Gasteiger partial charge >= 0.3 is 0 Å². The van der Waals surface area contributed by atoms with Crippen LogP contribution in [0.5, 0.6) is 17.2 Å². The molecule has 1 aromatic carbocycles. The number of nitrogens with zero attached hydrogens (tertiary/aromatic N) is 2. The molecule has 0 spiro atoms. The highest BCUT2D eigenvalue weighted by atomic mass is 16.5. The van der Waals surface area contributed by atoms with Crippen LogP contribution in [0.1, 0.15) is 38.2 Å². The standard InChI is InChI=1S/C22H34N2O4/c1-16-6-9-18(10-7-16)24(13-12-23(2)3)21(25)11-8-17-14-19(27-4)22(26)20(15-17)28-5/h8,11,14-16,18,26H,6-7,9-10,12-13H2,1-5H3/t16-,18-. The van der Waals surface area contributed by atoms with Crippen molar-refractivity contribution >= 4 is 12.0 Å². The van der Waals surface area contributed by atoms with Crippen molar-refractivity contribution in [1.82, 2.24) is 9.80 Å². The van der Waals surface area contributed by atoms with Gasteiger partial charge in [0.15, 0.2) is 11.5 Å². The average molecular weight is 391 g/mol. The van der Waals surface area contributed by atoms with Crippen LogP contribution in [0.2, 0.25) is 0 Å². The molecule has 1 fully saturated rings. The first kappa shape index (κ1) is 22.1. The number of methoxy groups -OCH3 is 2. The molecule has 1 amide bonds. The highest BCUT2D eigenvalue weighted by molar-refractivity contribution is 5.92. The lowest BCUT2D eigenvalue weighted by Gasteiger charge is -2.36. The van der Waals surface area contributed by atoms with Gasteiger partial charge in [-0.1, -0.05) is 6.92 Å². The fraction of sp³-hybridized carbons (Fsp3) is 0.591. The first-order valence-electron chi connectivity index (χ1n) is 9.94. The van der Waals surface area contributed by atoms with E-state index in [2.05, 4.69) is 11.8 Å². The van der Waals surface area contributed by atoms with Crippen molar-refractivity contribution in [1.29, 1.82) is 0 Å². The molecule has 156 valence electrons. The van der Waals surface area contributed by atoms with Gasteiger partial charge < -0.3 is 24.4 Å². The predicted octanol–water partition coefficient (Wildman–Crippen LogP) is 3.39. The van der Waals surface area contributed by atoms with Crippen molar-refractivity contribution in [2.45, 2.75) is 38.6 Å². The van der Waals surface area contributed by atoms with Crippen molar-refractivity contribution in [3.05, 3.63) is 23.8 Å². The van der Waals surface area contributed by atoms with Crippen molar-refractivity contribution in [3.8, 4) is 17.2 Å². The monoisotopic (exact) mass is 390 g/mol. The average Bonchev–Trinajstić information content (AvgIpc) is 2.68. The van der Waals surface area contributed by atoms with E-state index in [0.29, 0.717) is 17.5 Å². The zero-order valence-electron chi connectivity index (χ0n) is 17.8. The minimum Gasteiger partial charge on any atom is -0.502 e. The summed E-state index contributed by atoms with van der Waals surface area (Å²) in [5.74, 6) is 1.36. The lowest BCUT2D eigenvalue weighted by molar-refractivity contribution is -0.129. The van der Waals surface area contributed by atoms with E-state index in [0.717, 1.165) is 37.4 Å². The smallest absolute Gasteiger partial charge is 0.246 e. The molecule has 0 saturated heterocycles. The lowest BCUT2D eigenvalue weighted by Crippen LogP contribution is -2.44. The van der Waals surface area contributed by atoms with Gasteiger partial charge in [-0.15, -0.1) is 0 Å². The van der Waals surface area contributed by atoms with Gasteiger partial charge in [0, 0.05) is 25.2 Å². The molecule has 6 heteroatoms. The van der Waals surface area contributed by atoms with E-state index in [1.807, 2.05) is 19.0 Å². The maximum atomic E-state index is 13.0. The van der Waals surface area contributed by atoms with Crippen LogP contribution in [0.3, 0.4) is 0 Å². The van der Waals surface area contributed by atoms with Crippen LogP contribution in [0, 0.1) is 5.92 Å². The number of hydrogen-bond donors (Lipinski definition) is 1. The van der Waals surface area contributed by atoms with Crippen molar-refractivity contribution in [2.24, 2.45) is 5.92 Å². The van der Waals surface area contributed by atoms with Gasteiger partial charge in [-0.05, 0) is 69.5 Å². The Morgan fingerprint density at radius 1 is 1.11 bits per heavy atom. The predicted molar refractivity (Wildman–Crippen MR) is 112 cm³/mol. The number of phenolic OH excluding ortho intramolecular Hbond substituents is 1. The summed E-state index contributed by atoms with van der Waals surface area (Å²) in [7, 11) is 7.02. The Labute approximate surface area is 168 Å². The van der Waals surface area contributed by atoms with Crippen molar-refractivity contribution in [2.75, 3.05) is 41.4 Å². The third-order valence-corrected chi connectivity index (χ3v) is 5.42. The molecule has 28 heavy (non-hydrogen) atoms. The molecular formula is C22H34N2O4. The van der Waals surface area contributed by atoms with Gasteiger partial charge in [-0.2, -0.15) is 0 Å². The largest absolute Gasteiger partial charge is 0.502 e. The van der Waals surface area contributed by atoms with Gasteiger partial charge in [-0.25, -0.2) is 0 Å². The maximum Gasteiger partial charge on any atom is 0.246 e. The number of ether oxygens (including phenoxy) is 2. The number of hydrogen-bond acceptors (Lipinski definition) is 5. The van der Waals surface area contributed by atoms with Crippen molar-refractivity contribution in [3.63, 3.8) is 0 Å². The number of rotatable bonds is 8.